The van der Waals surface area contributed by atoms with E-state index in [1.54, 1.807) is 24.1 Å². The summed E-state index contributed by atoms with van der Waals surface area (Å²) in [5, 5.41) is 10.6. The van der Waals surface area contributed by atoms with Crippen LogP contribution in [0.15, 0.2) is 40.2 Å². The summed E-state index contributed by atoms with van der Waals surface area (Å²) in [6.07, 6.45) is 0. The van der Waals surface area contributed by atoms with Crippen molar-refractivity contribution in [2.45, 2.75) is 6.54 Å². The zero-order chi connectivity index (χ0) is 13.8. The number of thiophene rings is 1. The van der Waals surface area contributed by atoms with Gasteiger partial charge in [0.25, 0.3) is 5.91 Å². The number of halogens is 1. The molecule has 2 rings (SSSR count). The second-order valence-corrected chi connectivity index (χ2v) is 5.84. The van der Waals surface area contributed by atoms with Gasteiger partial charge in [-0.2, -0.15) is 5.26 Å². The van der Waals surface area contributed by atoms with E-state index in [1.165, 1.54) is 11.3 Å². The molecule has 0 N–H and O–H groups in total. The molecule has 2 aromatic rings. The minimum Gasteiger partial charge on any atom is -0.337 e. The fourth-order valence-electron chi connectivity index (χ4n) is 1.65. The fourth-order valence-corrected chi connectivity index (χ4v) is 3.18. The largest absolute Gasteiger partial charge is 0.337 e. The number of hydrogen-bond donors (Lipinski definition) is 0. The molecule has 1 aromatic heterocycles. The van der Waals surface area contributed by atoms with Crippen LogP contribution < -0.4 is 0 Å². The number of hydrogen-bond acceptors (Lipinski definition) is 3. The highest BCUT2D eigenvalue weighted by Gasteiger charge is 2.16. The molecule has 5 heteroatoms. The summed E-state index contributed by atoms with van der Waals surface area (Å²) < 4.78 is 0.828. The molecular weight excluding hydrogens is 324 g/mol. The zero-order valence-electron chi connectivity index (χ0n) is 10.3. The number of rotatable bonds is 3. The molecule has 0 fully saturated rings. The van der Waals surface area contributed by atoms with Crippen molar-refractivity contribution >= 4 is 33.2 Å². The summed E-state index contributed by atoms with van der Waals surface area (Å²) in [6.45, 7) is 0.523. The standard InChI is InChI=1S/C14H11BrN2OS/c1-17(14(18)13-12(15)6-7-19-13)9-11-4-2-10(8-16)3-5-11/h2-7H,9H2,1H3. The summed E-state index contributed by atoms with van der Waals surface area (Å²) in [6, 6.07) is 11.2. The van der Waals surface area contributed by atoms with Crippen molar-refractivity contribution in [1.82, 2.24) is 4.90 Å². The van der Waals surface area contributed by atoms with Gasteiger partial charge >= 0.3 is 0 Å². The molecule has 0 atom stereocenters. The van der Waals surface area contributed by atoms with Crippen LogP contribution in [-0.4, -0.2) is 17.9 Å². The topological polar surface area (TPSA) is 44.1 Å². The van der Waals surface area contributed by atoms with Gasteiger partial charge in [-0.15, -0.1) is 11.3 Å². The van der Waals surface area contributed by atoms with Crippen LogP contribution in [0.4, 0.5) is 0 Å². The lowest BCUT2D eigenvalue weighted by molar-refractivity contribution is 0.0789. The number of nitrogens with zero attached hydrogens (tertiary/aromatic N) is 2. The Bertz CT molecular complexity index is 628. The van der Waals surface area contributed by atoms with E-state index >= 15 is 0 Å². The van der Waals surface area contributed by atoms with Gasteiger partial charge in [0.05, 0.1) is 11.6 Å². The first-order valence-corrected chi connectivity index (χ1v) is 7.26. The molecule has 0 aliphatic heterocycles. The van der Waals surface area contributed by atoms with E-state index in [2.05, 4.69) is 22.0 Å². The third-order valence-electron chi connectivity index (χ3n) is 2.66. The van der Waals surface area contributed by atoms with Crippen LogP contribution in [0.25, 0.3) is 0 Å². The van der Waals surface area contributed by atoms with Gasteiger partial charge in [-0.1, -0.05) is 12.1 Å². The third kappa shape index (κ3) is 3.22. The predicted octanol–water partition coefficient (Wildman–Crippen LogP) is 3.65. The molecule has 0 spiro atoms. The molecule has 19 heavy (non-hydrogen) atoms. The quantitative estimate of drug-likeness (QED) is 0.859. The Kier molecular flexibility index (Phi) is 4.35. The van der Waals surface area contributed by atoms with Crippen LogP contribution in [0.3, 0.4) is 0 Å². The minimum atomic E-state index is -0.00812. The van der Waals surface area contributed by atoms with Gasteiger partial charge in [0, 0.05) is 18.1 Å². The van der Waals surface area contributed by atoms with Crippen molar-refractivity contribution in [2.75, 3.05) is 7.05 Å². The Hall–Kier alpha value is -1.64. The molecule has 1 aromatic carbocycles. The van der Waals surface area contributed by atoms with E-state index in [-0.39, 0.29) is 5.91 Å². The van der Waals surface area contributed by atoms with Gasteiger partial charge in [0.2, 0.25) is 0 Å². The summed E-state index contributed by atoms with van der Waals surface area (Å²) >= 11 is 4.79. The van der Waals surface area contributed by atoms with Crippen LogP contribution >= 0.6 is 27.3 Å². The first-order chi connectivity index (χ1) is 9.11. The Morgan fingerprint density at radius 1 is 1.37 bits per heavy atom. The average Bonchev–Trinajstić information content (AvgIpc) is 2.85. The molecule has 3 nitrogen and oxygen atoms in total. The minimum absolute atomic E-state index is 0.00812. The normalized spacial score (nSPS) is 9.95. The Morgan fingerprint density at radius 2 is 2.05 bits per heavy atom. The summed E-state index contributed by atoms with van der Waals surface area (Å²) in [5.74, 6) is -0.00812. The lowest BCUT2D eigenvalue weighted by atomic mass is 10.1. The maximum Gasteiger partial charge on any atom is 0.265 e. The molecule has 0 saturated heterocycles. The monoisotopic (exact) mass is 334 g/mol. The van der Waals surface area contributed by atoms with E-state index in [1.807, 2.05) is 23.6 Å². The molecule has 0 radical (unpaired) electrons. The molecule has 1 amide bonds. The highest BCUT2D eigenvalue weighted by Crippen LogP contribution is 2.24. The molecule has 0 aliphatic rings. The Morgan fingerprint density at radius 3 is 2.58 bits per heavy atom. The van der Waals surface area contributed by atoms with Crippen LogP contribution in [0.2, 0.25) is 0 Å². The van der Waals surface area contributed by atoms with E-state index in [9.17, 15) is 4.79 Å². The van der Waals surface area contributed by atoms with Crippen LogP contribution in [0.5, 0.6) is 0 Å². The summed E-state index contributed by atoms with van der Waals surface area (Å²) in [5.41, 5.74) is 1.63. The van der Waals surface area contributed by atoms with Crippen LogP contribution in [0.1, 0.15) is 20.8 Å². The summed E-state index contributed by atoms with van der Waals surface area (Å²) in [7, 11) is 1.77. The van der Waals surface area contributed by atoms with Crippen molar-refractivity contribution in [3.63, 3.8) is 0 Å². The number of nitriles is 1. The van der Waals surface area contributed by atoms with Gasteiger partial charge in [-0.3, -0.25) is 4.79 Å². The summed E-state index contributed by atoms with van der Waals surface area (Å²) in [4.78, 5) is 14.6. The first-order valence-electron chi connectivity index (χ1n) is 5.59. The van der Waals surface area contributed by atoms with Crippen LogP contribution in [0, 0.1) is 11.3 Å². The lowest BCUT2D eigenvalue weighted by Crippen LogP contribution is -2.25. The second kappa shape index (κ2) is 6.00. The molecule has 0 bridgehead atoms. The zero-order valence-corrected chi connectivity index (χ0v) is 12.7. The molecular formula is C14H11BrN2OS. The van der Waals surface area contributed by atoms with Crippen molar-refractivity contribution in [3.05, 3.63) is 56.2 Å². The van der Waals surface area contributed by atoms with E-state index in [4.69, 9.17) is 5.26 Å². The second-order valence-electron chi connectivity index (χ2n) is 4.07. The fraction of sp³-hybridized carbons (Fsp3) is 0.143. The Labute approximate surface area is 124 Å². The highest BCUT2D eigenvalue weighted by atomic mass is 79.9. The SMILES string of the molecule is CN(Cc1ccc(C#N)cc1)C(=O)c1sccc1Br. The van der Waals surface area contributed by atoms with Gasteiger partial charge in [0.1, 0.15) is 4.88 Å². The van der Waals surface area contributed by atoms with Crippen molar-refractivity contribution in [2.24, 2.45) is 0 Å². The number of carbonyl (C=O) groups is 1. The van der Waals surface area contributed by atoms with Gasteiger partial charge in [0.15, 0.2) is 0 Å². The Balaban J connectivity index is 2.08. The maximum atomic E-state index is 12.2. The van der Waals surface area contributed by atoms with E-state index < -0.39 is 0 Å². The molecule has 0 unspecified atom stereocenters. The lowest BCUT2D eigenvalue weighted by Gasteiger charge is -2.16. The van der Waals surface area contributed by atoms with Gasteiger partial charge in [-0.25, -0.2) is 0 Å². The van der Waals surface area contributed by atoms with Gasteiger partial charge < -0.3 is 4.90 Å². The van der Waals surface area contributed by atoms with Crippen LogP contribution in [-0.2, 0) is 6.54 Å². The molecule has 0 aliphatic carbocycles. The smallest absolute Gasteiger partial charge is 0.265 e. The molecule has 0 saturated carbocycles. The first kappa shape index (κ1) is 13.8. The third-order valence-corrected chi connectivity index (χ3v) is 4.49. The molecule has 1 heterocycles. The molecule has 96 valence electrons. The number of benzene rings is 1. The predicted molar refractivity (Wildman–Crippen MR) is 79.0 cm³/mol. The van der Waals surface area contributed by atoms with Gasteiger partial charge in [-0.05, 0) is 45.1 Å². The number of amides is 1. The van der Waals surface area contributed by atoms with Crippen molar-refractivity contribution in [1.29, 1.82) is 5.26 Å². The highest BCUT2D eigenvalue weighted by molar-refractivity contribution is 9.10. The van der Waals surface area contributed by atoms with E-state index in [0.29, 0.717) is 17.0 Å². The maximum absolute atomic E-state index is 12.2. The number of carbonyl (C=O) groups excluding carboxylic acids is 1. The average molecular weight is 335 g/mol. The van der Waals surface area contributed by atoms with Crippen molar-refractivity contribution in [3.8, 4) is 6.07 Å². The van der Waals surface area contributed by atoms with E-state index in [0.717, 1.165) is 10.0 Å². The van der Waals surface area contributed by atoms with Crippen molar-refractivity contribution < 1.29 is 4.79 Å².